The summed E-state index contributed by atoms with van der Waals surface area (Å²) in [6.07, 6.45) is 0. The largest absolute Gasteiger partial charge is 0.497 e. The molecule has 1 N–H and O–H groups in total. The maximum atomic E-state index is 12.4. The monoisotopic (exact) mass is 305 g/mol. The summed E-state index contributed by atoms with van der Waals surface area (Å²) < 4.78 is 17.6. The number of hydrogen-bond acceptors (Lipinski definition) is 4. The predicted molar refractivity (Wildman–Crippen MR) is 79.0 cm³/mol. The number of hydrogen-bond donors (Lipinski definition) is 1. The summed E-state index contributed by atoms with van der Waals surface area (Å²) in [7, 11) is 0.0669. The van der Waals surface area contributed by atoms with Crippen molar-refractivity contribution in [2.45, 2.75) is 17.6 Å². The smallest absolute Gasteiger partial charge is 0.336 e. The Balaban J connectivity index is 2.30. The number of carboxylic acids is 1. The molecule has 110 valence electrons. The molecule has 0 aliphatic carbocycles. The van der Waals surface area contributed by atoms with Crippen LogP contribution in [-0.2, 0) is 16.6 Å². The van der Waals surface area contributed by atoms with E-state index in [0.717, 1.165) is 5.69 Å². The highest BCUT2D eigenvalue weighted by Crippen LogP contribution is 2.19. The van der Waals surface area contributed by atoms with E-state index in [-0.39, 0.29) is 11.3 Å². The molecule has 2 rings (SSSR count). The Labute approximate surface area is 125 Å². The van der Waals surface area contributed by atoms with Crippen LogP contribution in [0.4, 0.5) is 0 Å². The van der Waals surface area contributed by atoms with Crippen molar-refractivity contribution in [1.82, 2.24) is 4.98 Å². The van der Waals surface area contributed by atoms with Gasteiger partial charge in [0.1, 0.15) is 5.75 Å². The summed E-state index contributed by atoms with van der Waals surface area (Å²) in [4.78, 5) is 15.8. The van der Waals surface area contributed by atoms with Gasteiger partial charge in [0.05, 0.1) is 39.8 Å². The zero-order chi connectivity index (χ0) is 15.4. The SMILES string of the molecule is COc1cc(C)nc(CS(=O)c2ccccc2C(=O)O)c1. The molecule has 1 atom stereocenters. The number of benzene rings is 1. The molecule has 1 aromatic heterocycles. The molecule has 0 aliphatic heterocycles. The number of aryl methyl sites for hydroxylation is 1. The van der Waals surface area contributed by atoms with Crippen molar-refractivity contribution in [3.63, 3.8) is 0 Å². The van der Waals surface area contributed by atoms with Gasteiger partial charge in [0.2, 0.25) is 0 Å². The van der Waals surface area contributed by atoms with Crippen LogP contribution in [-0.4, -0.2) is 27.4 Å². The summed E-state index contributed by atoms with van der Waals surface area (Å²) in [6, 6.07) is 9.76. The van der Waals surface area contributed by atoms with E-state index in [1.54, 1.807) is 37.4 Å². The van der Waals surface area contributed by atoms with Gasteiger partial charge < -0.3 is 9.84 Å². The Hall–Kier alpha value is -2.21. The van der Waals surface area contributed by atoms with Crippen LogP contribution >= 0.6 is 0 Å². The Morgan fingerprint density at radius 2 is 2.05 bits per heavy atom. The van der Waals surface area contributed by atoms with Crippen molar-refractivity contribution in [1.29, 1.82) is 0 Å². The third kappa shape index (κ3) is 3.66. The molecule has 1 aromatic carbocycles. The fraction of sp³-hybridized carbons (Fsp3) is 0.200. The Kier molecular flexibility index (Phi) is 4.70. The van der Waals surface area contributed by atoms with Crippen molar-refractivity contribution in [3.05, 3.63) is 53.3 Å². The highest BCUT2D eigenvalue weighted by Gasteiger charge is 2.15. The number of methoxy groups -OCH3 is 1. The maximum Gasteiger partial charge on any atom is 0.336 e. The molecule has 0 amide bonds. The van der Waals surface area contributed by atoms with E-state index in [1.807, 2.05) is 6.92 Å². The number of pyridine rings is 1. The number of ether oxygens (including phenoxy) is 1. The summed E-state index contributed by atoms with van der Waals surface area (Å²) in [5.41, 5.74) is 1.41. The van der Waals surface area contributed by atoms with E-state index < -0.39 is 16.8 Å². The third-order valence-electron chi connectivity index (χ3n) is 2.86. The number of aromatic carboxylic acids is 1. The van der Waals surface area contributed by atoms with Gasteiger partial charge in [-0.3, -0.25) is 9.19 Å². The minimum absolute atomic E-state index is 0.0513. The second-order valence-corrected chi connectivity index (χ2v) is 5.85. The summed E-state index contributed by atoms with van der Waals surface area (Å²) >= 11 is 0. The zero-order valence-corrected chi connectivity index (χ0v) is 12.5. The molecule has 0 spiro atoms. The van der Waals surface area contributed by atoms with E-state index in [4.69, 9.17) is 9.84 Å². The average Bonchev–Trinajstić information content (AvgIpc) is 2.46. The van der Waals surface area contributed by atoms with Gasteiger partial charge in [0.15, 0.2) is 0 Å². The van der Waals surface area contributed by atoms with Crippen LogP contribution in [0.15, 0.2) is 41.3 Å². The van der Waals surface area contributed by atoms with Crippen LogP contribution in [0.1, 0.15) is 21.7 Å². The minimum atomic E-state index is -1.48. The molecule has 1 heterocycles. The molecule has 0 aliphatic rings. The van der Waals surface area contributed by atoms with Gasteiger partial charge >= 0.3 is 5.97 Å². The van der Waals surface area contributed by atoms with Crippen LogP contribution in [0.3, 0.4) is 0 Å². The average molecular weight is 305 g/mol. The predicted octanol–water partition coefficient (Wildman–Crippen LogP) is 2.40. The first-order valence-corrected chi connectivity index (χ1v) is 7.55. The van der Waals surface area contributed by atoms with Crippen molar-refractivity contribution in [3.8, 4) is 5.75 Å². The second-order valence-electron chi connectivity index (χ2n) is 4.43. The highest BCUT2D eigenvalue weighted by atomic mass is 32.2. The molecule has 5 nitrogen and oxygen atoms in total. The molecule has 6 heteroatoms. The van der Waals surface area contributed by atoms with Crippen molar-refractivity contribution in [2.75, 3.05) is 7.11 Å². The van der Waals surface area contributed by atoms with Crippen molar-refractivity contribution >= 4 is 16.8 Å². The van der Waals surface area contributed by atoms with Crippen LogP contribution in [0.25, 0.3) is 0 Å². The number of carbonyl (C=O) groups is 1. The zero-order valence-electron chi connectivity index (χ0n) is 11.7. The fourth-order valence-electron chi connectivity index (χ4n) is 1.95. The molecule has 1 unspecified atom stereocenters. The third-order valence-corrected chi connectivity index (χ3v) is 4.26. The van der Waals surface area contributed by atoms with Crippen LogP contribution in [0, 0.1) is 6.92 Å². The van der Waals surface area contributed by atoms with Gasteiger partial charge in [-0.05, 0) is 19.1 Å². The lowest BCUT2D eigenvalue weighted by Gasteiger charge is -2.08. The highest BCUT2D eigenvalue weighted by molar-refractivity contribution is 7.84. The Morgan fingerprint density at radius 1 is 1.33 bits per heavy atom. The quantitative estimate of drug-likeness (QED) is 0.918. The number of nitrogens with zero attached hydrogens (tertiary/aromatic N) is 1. The Bertz CT molecular complexity index is 700. The van der Waals surface area contributed by atoms with E-state index in [0.29, 0.717) is 16.3 Å². The maximum absolute atomic E-state index is 12.4. The lowest BCUT2D eigenvalue weighted by Crippen LogP contribution is -2.07. The molecule has 0 fully saturated rings. The Morgan fingerprint density at radius 3 is 2.71 bits per heavy atom. The second kappa shape index (κ2) is 6.49. The number of aromatic nitrogens is 1. The molecular weight excluding hydrogens is 290 g/mol. The van der Waals surface area contributed by atoms with Gasteiger partial charge in [-0.1, -0.05) is 12.1 Å². The van der Waals surface area contributed by atoms with Gasteiger partial charge in [-0.2, -0.15) is 0 Å². The van der Waals surface area contributed by atoms with Crippen LogP contribution in [0.2, 0.25) is 0 Å². The number of rotatable bonds is 5. The summed E-state index contributed by atoms with van der Waals surface area (Å²) in [5, 5.41) is 9.14. The van der Waals surface area contributed by atoms with Crippen LogP contribution in [0.5, 0.6) is 5.75 Å². The first kappa shape index (κ1) is 15.2. The lowest BCUT2D eigenvalue weighted by molar-refractivity contribution is 0.0693. The minimum Gasteiger partial charge on any atom is -0.497 e. The fourth-order valence-corrected chi connectivity index (χ4v) is 3.15. The lowest BCUT2D eigenvalue weighted by atomic mass is 10.2. The molecule has 0 saturated carbocycles. The normalized spacial score (nSPS) is 11.9. The topological polar surface area (TPSA) is 76.5 Å². The number of carboxylic acid groups (broad SMARTS) is 1. The van der Waals surface area contributed by atoms with E-state index in [1.165, 1.54) is 6.07 Å². The van der Waals surface area contributed by atoms with Crippen LogP contribution < -0.4 is 4.74 Å². The first-order valence-electron chi connectivity index (χ1n) is 6.23. The van der Waals surface area contributed by atoms with Crippen molar-refractivity contribution < 1.29 is 18.8 Å². The van der Waals surface area contributed by atoms with Crippen molar-refractivity contribution in [2.24, 2.45) is 0 Å². The summed E-state index contributed by atoms with van der Waals surface area (Å²) in [5.74, 6) is -0.308. The van der Waals surface area contributed by atoms with Gasteiger partial charge in [-0.25, -0.2) is 4.79 Å². The molecule has 21 heavy (non-hydrogen) atoms. The molecule has 0 radical (unpaired) electrons. The van der Waals surface area contributed by atoms with E-state index >= 15 is 0 Å². The van der Waals surface area contributed by atoms with E-state index in [9.17, 15) is 9.00 Å². The standard InChI is InChI=1S/C15H15NO4S/c1-10-7-12(20-2)8-11(16-10)9-21(19)14-6-4-3-5-13(14)15(17)18/h3-8H,9H2,1-2H3,(H,17,18). The van der Waals surface area contributed by atoms with E-state index in [2.05, 4.69) is 4.98 Å². The van der Waals surface area contributed by atoms with Gasteiger partial charge in [-0.15, -0.1) is 0 Å². The summed E-state index contributed by atoms with van der Waals surface area (Å²) in [6.45, 7) is 1.82. The first-order chi connectivity index (χ1) is 10.0. The molecule has 2 aromatic rings. The van der Waals surface area contributed by atoms with Gasteiger partial charge in [0.25, 0.3) is 0 Å². The molecular formula is C15H15NO4S. The van der Waals surface area contributed by atoms with Gasteiger partial charge in [0, 0.05) is 17.8 Å². The molecule has 0 saturated heterocycles. The molecule has 0 bridgehead atoms.